The average Bonchev–Trinajstić information content (AvgIpc) is 3.05. The molecule has 3 rings (SSSR count). The number of aromatic hydroxyl groups is 1. The van der Waals surface area contributed by atoms with Gasteiger partial charge in [-0.3, -0.25) is 14.4 Å². The number of rotatable bonds is 5. The standard InChI is InChI=1S/C21H30N4O2/c1-14(2)19-10-16(20(26)9-15(19)3)13-25-7-5-18(6-8-25)23-21(27)17-11-22-24(4)12-17/h9-12,14,18,26H,5-8,13H2,1-4H3,(H,23,27). The van der Waals surface area contributed by atoms with Gasteiger partial charge in [0.15, 0.2) is 0 Å². The zero-order valence-electron chi connectivity index (χ0n) is 16.7. The molecule has 6 heteroatoms. The lowest BCUT2D eigenvalue weighted by molar-refractivity contribution is 0.0908. The number of hydrogen-bond acceptors (Lipinski definition) is 4. The van der Waals surface area contributed by atoms with Gasteiger partial charge in [-0.1, -0.05) is 19.9 Å². The summed E-state index contributed by atoms with van der Waals surface area (Å²) in [6.45, 7) is 8.97. The molecule has 0 radical (unpaired) electrons. The molecule has 2 aromatic rings. The molecule has 1 fully saturated rings. The van der Waals surface area contributed by atoms with Gasteiger partial charge in [-0.05, 0) is 42.9 Å². The third-order valence-corrected chi connectivity index (χ3v) is 5.37. The number of aryl methyl sites for hydroxylation is 2. The molecular weight excluding hydrogens is 340 g/mol. The normalized spacial score (nSPS) is 16.0. The minimum Gasteiger partial charge on any atom is -0.508 e. The van der Waals surface area contributed by atoms with E-state index in [9.17, 15) is 9.90 Å². The number of benzene rings is 1. The second kappa shape index (κ2) is 8.13. The fourth-order valence-electron chi connectivity index (χ4n) is 3.79. The summed E-state index contributed by atoms with van der Waals surface area (Å²) in [4.78, 5) is 14.6. The molecule has 0 atom stereocenters. The highest BCUT2D eigenvalue weighted by Gasteiger charge is 2.22. The molecular formula is C21H30N4O2. The van der Waals surface area contributed by atoms with E-state index in [4.69, 9.17) is 0 Å². The number of nitrogens with one attached hydrogen (secondary N) is 1. The van der Waals surface area contributed by atoms with Gasteiger partial charge in [0.1, 0.15) is 5.75 Å². The van der Waals surface area contributed by atoms with Gasteiger partial charge < -0.3 is 10.4 Å². The van der Waals surface area contributed by atoms with Crippen molar-refractivity contribution in [3.05, 3.63) is 46.8 Å². The number of phenols is 1. The van der Waals surface area contributed by atoms with Crippen LogP contribution in [0.1, 0.15) is 59.7 Å². The molecule has 0 spiro atoms. The molecule has 27 heavy (non-hydrogen) atoms. The molecule has 146 valence electrons. The quantitative estimate of drug-likeness (QED) is 0.849. The molecule has 1 aliphatic rings. The molecule has 0 aliphatic carbocycles. The van der Waals surface area contributed by atoms with E-state index in [1.54, 1.807) is 24.1 Å². The summed E-state index contributed by atoms with van der Waals surface area (Å²) in [5, 5.41) is 17.5. The van der Waals surface area contributed by atoms with Gasteiger partial charge in [0.05, 0.1) is 11.8 Å². The Morgan fingerprint density at radius 1 is 1.33 bits per heavy atom. The Kier molecular flexibility index (Phi) is 5.85. The van der Waals surface area contributed by atoms with E-state index in [0.717, 1.165) is 43.6 Å². The SMILES string of the molecule is Cc1cc(O)c(CN2CCC(NC(=O)c3cnn(C)c3)CC2)cc1C(C)C. The van der Waals surface area contributed by atoms with Crippen molar-refractivity contribution in [2.45, 2.75) is 52.1 Å². The largest absolute Gasteiger partial charge is 0.508 e. The Balaban J connectivity index is 1.55. The molecule has 1 aromatic heterocycles. The molecule has 2 N–H and O–H groups in total. The number of piperidine rings is 1. The van der Waals surface area contributed by atoms with Crippen LogP contribution in [0.25, 0.3) is 0 Å². The highest BCUT2D eigenvalue weighted by molar-refractivity contribution is 5.93. The average molecular weight is 370 g/mol. The summed E-state index contributed by atoms with van der Waals surface area (Å²) in [6.07, 6.45) is 5.15. The molecule has 0 unspecified atom stereocenters. The van der Waals surface area contributed by atoms with Gasteiger partial charge in [-0.15, -0.1) is 0 Å². The van der Waals surface area contributed by atoms with Crippen molar-refractivity contribution in [1.29, 1.82) is 0 Å². The highest BCUT2D eigenvalue weighted by atomic mass is 16.3. The summed E-state index contributed by atoms with van der Waals surface area (Å²) in [5.74, 6) is 0.765. The fourth-order valence-corrected chi connectivity index (χ4v) is 3.79. The third kappa shape index (κ3) is 4.69. The number of likely N-dealkylation sites (tertiary alicyclic amines) is 1. The van der Waals surface area contributed by atoms with Crippen LogP contribution in [0.15, 0.2) is 24.5 Å². The minimum absolute atomic E-state index is 0.0562. The summed E-state index contributed by atoms with van der Waals surface area (Å²) in [5.41, 5.74) is 4.03. The molecule has 1 amide bonds. The number of nitrogens with zero attached hydrogens (tertiary/aromatic N) is 3. The van der Waals surface area contributed by atoms with Crippen LogP contribution in [-0.4, -0.2) is 44.8 Å². The van der Waals surface area contributed by atoms with Gasteiger partial charge in [-0.2, -0.15) is 5.10 Å². The van der Waals surface area contributed by atoms with Crippen molar-refractivity contribution in [1.82, 2.24) is 20.0 Å². The monoisotopic (exact) mass is 370 g/mol. The first kappa shape index (κ1) is 19.4. The maximum atomic E-state index is 12.3. The summed E-state index contributed by atoms with van der Waals surface area (Å²) >= 11 is 0. The Bertz CT molecular complexity index is 805. The Morgan fingerprint density at radius 2 is 2.04 bits per heavy atom. The van der Waals surface area contributed by atoms with E-state index in [2.05, 4.69) is 42.2 Å². The smallest absolute Gasteiger partial charge is 0.254 e. The van der Waals surface area contributed by atoms with Crippen LogP contribution in [0.4, 0.5) is 0 Å². The lowest BCUT2D eigenvalue weighted by atomic mass is 9.94. The molecule has 6 nitrogen and oxygen atoms in total. The van der Waals surface area contributed by atoms with Gasteiger partial charge in [-0.25, -0.2) is 0 Å². The van der Waals surface area contributed by atoms with Crippen LogP contribution in [0, 0.1) is 6.92 Å². The van der Waals surface area contributed by atoms with E-state index in [1.807, 2.05) is 6.07 Å². The number of amides is 1. The summed E-state index contributed by atoms with van der Waals surface area (Å²) in [7, 11) is 1.81. The second-order valence-corrected chi connectivity index (χ2v) is 7.92. The van der Waals surface area contributed by atoms with E-state index < -0.39 is 0 Å². The molecule has 0 saturated carbocycles. The van der Waals surface area contributed by atoms with Gasteiger partial charge in [0, 0.05) is 44.5 Å². The van der Waals surface area contributed by atoms with Crippen molar-refractivity contribution in [2.75, 3.05) is 13.1 Å². The van der Waals surface area contributed by atoms with Gasteiger partial charge >= 0.3 is 0 Å². The van der Waals surface area contributed by atoms with Crippen LogP contribution in [-0.2, 0) is 13.6 Å². The summed E-state index contributed by atoms with van der Waals surface area (Å²) < 4.78 is 1.64. The van der Waals surface area contributed by atoms with Crippen LogP contribution in [0.2, 0.25) is 0 Å². The predicted octanol–water partition coefficient (Wildman–Crippen LogP) is 2.95. The van der Waals surface area contributed by atoms with Crippen LogP contribution < -0.4 is 5.32 Å². The van der Waals surface area contributed by atoms with E-state index in [0.29, 0.717) is 17.2 Å². The first-order valence-electron chi connectivity index (χ1n) is 9.67. The number of aromatic nitrogens is 2. The van der Waals surface area contributed by atoms with Crippen LogP contribution >= 0.6 is 0 Å². The maximum absolute atomic E-state index is 12.3. The Hall–Kier alpha value is -2.34. The van der Waals surface area contributed by atoms with Crippen molar-refractivity contribution in [2.24, 2.45) is 7.05 Å². The first-order chi connectivity index (χ1) is 12.8. The van der Waals surface area contributed by atoms with Crippen LogP contribution in [0.3, 0.4) is 0 Å². The van der Waals surface area contributed by atoms with Crippen molar-refractivity contribution < 1.29 is 9.90 Å². The minimum atomic E-state index is -0.0562. The van der Waals surface area contributed by atoms with E-state index >= 15 is 0 Å². The van der Waals surface area contributed by atoms with Crippen molar-refractivity contribution >= 4 is 5.91 Å². The predicted molar refractivity (Wildman–Crippen MR) is 106 cm³/mol. The molecule has 2 heterocycles. The van der Waals surface area contributed by atoms with E-state index in [1.165, 1.54) is 5.56 Å². The Morgan fingerprint density at radius 3 is 2.63 bits per heavy atom. The number of carbonyl (C=O) groups excluding carboxylic acids is 1. The number of hydrogen-bond donors (Lipinski definition) is 2. The molecule has 1 aromatic carbocycles. The second-order valence-electron chi connectivity index (χ2n) is 7.92. The lowest BCUT2D eigenvalue weighted by Gasteiger charge is -2.32. The van der Waals surface area contributed by atoms with Crippen molar-refractivity contribution in [3.8, 4) is 5.75 Å². The molecule has 1 saturated heterocycles. The van der Waals surface area contributed by atoms with Gasteiger partial charge in [0.25, 0.3) is 5.91 Å². The molecule has 1 aliphatic heterocycles. The zero-order chi connectivity index (χ0) is 19.6. The van der Waals surface area contributed by atoms with Gasteiger partial charge in [0.2, 0.25) is 0 Å². The van der Waals surface area contributed by atoms with Crippen LogP contribution in [0.5, 0.6) is 5.75 Å². The maximum Gasteiger partial charge on any atom is 0.254 e. The van der Waals surface area contributed by atoms with Crippen molar-refractivity contribution in [3.63, 3.8) is 0 Å². The number of phenolic OH excluding ortho intramolecular Hbond substituents is 1. The lowest BCUT2D eigenvalue weighted by Crippen LogP contribution is -2.44. The fraction of sp³-hybridized carbons (Fsp3) is 0.524. The number of carbonyl (C=O) groups is 1. The first-order valence-corrected chi connectivity index (χ1v) is 9.67. The highest BCUT2D eigenvalue weighted by Crippen LogP contribution is 2.28. The molecule has 0 bridgehead atoms. The Labute approximate surface area is 161 Å². The summed E-state index contributed by atoms with van der Waals surface area (Å²) in [6, 6.07) is 4.21. The van der Waals surface area contributed by atoms with E-state index in [-0.39, 0.29) is 11.9 Å². The third-order valence-electron chi connectivity index (χ3n) is 5.37. The topological polar surface area (TPSA) is 70.4 Å². The zero-order valence-corrected chi connectivity index (χ0v) is 16.7.